The van der Waals surface area contributed by atoms with Gasteiger partial charge in [0.05, 0.1) is 0 Å². The molecule has 0 aliphatic rings. The summed E-state index contributed by atoms with van der Waals surface area (Å²) in [4.78, 5) is 0. The van der Waals surface area contributed by atoms with E-state index in [1.807, 2.05) is 0 Å². The molecular weight excluding hydrogens is 734 g/mol. The van der Waals surface area contributed by atoms with Gasteiger partial charge in [0, 0.05) is 0 Å². The van der Waals surface area contributed by atoms with E-state index in [1.54, 1.807) is 0 Å². The summed E-state index contributed by atoms with van der Waals surface area (Å²) < 4.78 is 5.96. The fourth-order valence-electron chi connectivity index (χ4n) is 5.12. The second-order valence-corrected chi connectivity index (χ2v) is 21.0. The number of rotatable bonds is 9. The van der Waals surface area contributed by atoms with E-state index < -0.39 is 0 Å². The summed E-state index contributed by atoms with van der Waals surface area (Å²) in [6.07, 6.45) is 2.33. The van der Waals surface area contributed by atoms with Crippen molar-refractivity contribution in [2.75, 3.05) is 0 Å². The summed E-state index contributed by atoms with van der Waals surface area (Å²) in [6, 6.07) is 37.7. The van der Waals surface area contributed by atoms with Gasteiger partial charge in [0.25, 0.3) is 0 Å². The maximum atomic E-state index is 2.41. The van der Waals surface area contributed by atoms with E-state index in [1.165, 1.54) is 36.5 Å². The van der Waals surface area contributed by atoms with Crippen LogP contribution in [0.25, 0.3) is 0 Å². The fraction of sp³-hybridized carbons (Fsp3) is 0.400. The van der Waals surface area contributed by atoms with Crippen LogP contribution in [0, 0.1) is 14.3 Å². The molecule has 0 aliphatic carbocycles. The van der Waals surface area contributed by atoms with E-state index in [0.717, 1.165) is 12.8 Å². The zero-order valence-corrected chi connectivity index (χ0v) is 31.7. The normalized spacial score (nSPS) is 13.1. The van der Waals surface area contributed by atoms with Crippen LogP contribution in [0.4, 0.5) is 0 Å². The predicted molar refractivity (Wildman–Crippen MR) is 173 cm³/mol. The van der Waals surface area contributed by atoms with Crippen LogP contribution in [0.3, 0.4) is 0 Å². The van der Waals surface area contributed by atoms with Crippen LogP contribution < -0.4 is 42.4 Å². The van der Waals surface area contributed by atoms with Gasteiger partial charge in [-0.25, -0.2) is 0 Å². The van der Waals surface area contributed by atoms with E-state index in [2.05, 4.69) is 166 Å². The molecule has 0 N–H and O–H groups in total. The zero-order chi connectivity index (χ0) is 30.8. The van der Waals surface area contributed by atoms with E-state index in [-0.39, 0.29) is 64.1 Å². The van der Waals surface area contributed by atoms with E-state index in [4.69, 9.17) is 0 Å². The minimum atomic E-state index is -0.152. The Morgan fingerprint density at radius 1 is 0.333 bits per heavy atom. The fourth-order valence-corrected chi connectivity index (χ4v) is 9.43. The molecule has 0 radical (unpaired) electrons. The Balaban J connectivity index is 1.34. The van der Waals surface area contributed by atoms with Gasteiger partial charge in [0.2, 0.25) is 0 Å². The average molecular weight is 785 g/mol. The Hall–Kier alpha value is -1.66. The van der Waals surface area contributed by atoms with Crippen molar-refractivity contribution in [3.8, 4) is 0 Å². The molecule has 4 rings (SSSR count). The molecule has 226 valence electrons. The Labute approximate surface area is 277 Å². The first kappa shape index (κ1) is 33.2. The molecule has 0 fully saturated rings. The van der Waals surface area contributed by atoms with Gasteiger partial charge in [-0.1, -0.05) is 0 Å². The van der Waals surface area contributed by atoms with Gasteiger partial charge in [-0.15, -0.1) is 0 Å². The third-order valence-corrected chi connectivity index (χ3v) is 13.9. The number of benzene rings is 4. The molecule has 0 amide bonds. The monoisotopic (exact) mass is 784 g/mol. The molecule has 2 heteroatoms. The van der Waals surface area contributed by atoms with Gasteiger partial charge in [-0.3, -0.25) is 0 Å². The van der Waals surface area contributed by atoms with Crippen LogP contribution in [0.5, 0.6) is 0 Å². The van der Waals surface area contributed by atoms with Gasteiger partial charge in [0.15, 0.2) is 0 Å². The molecule has 4 aromatic rings. The van der Waals surface area contributed by atoms with Crippen molar-refractivity contribution in [2.24, 2.45) is 0 Å². The summed E-state index contributed by atoms with van der Waals surface area (Å²) in [5, 5.41) is 0. The summed E-state index contributed by atoms with van der Waals surface area (Å²) in [5.74, 6) is 0. The Bertz CT molecular complexity index is 1310. The van der Waals surface area contributed by atoms with Crippen LogP contribution in [-0.2, 0) is 21.7 Å². The van der Waals surface area contributed by atoms with Crippen molar-refractivity contribution in [1.82, 2.24) is 0 Å². The number of hydrogen-bond donors (Lipinski definition) is 0. The van der Waals surface area contributed by atoms with Crippen LogP contribution in [0.1, 0.15) is 104 Å². The van der Waals surface area contributed by atoms with Crippen molar-refractivity contribution in [3.05, 3.63) is 134 Å². The maximum absolute atomic E-state index is 2.41. The zero-order valence-electron chi connectivity index (χ0n) is 27.4. The molecular formula is C40H50I2-2. The molecule has 0 bridgehead atoms. The predicted octanol–water partition coefficient (Wildman–Crippen LogP) is 4.57. The molecule has 4 aromatic carbocycles. The molecule has 0 unspecified atom stereocenters. The molecule has 0 heterocycles. The Kier molecular flexibility index (Phi) is 10.4. The summed E-state index contributed by atoms with van der Waals surface area (Å²) >= 11 is -0.305. The molecule has 0 saturated heterocycles. The first-order chi connectivity index (χ1) is 19.5. The Morgan fingerprint density at radius 3 is 0.762 bits per heavy atom. The van der Waals surface area contributed by atoms with Crippen molar-refractivity contribution in [2.45, 2.75) is 104 Å². The number of halogens is 2. The molecule has 0 spiro atoms. The molecule has 42 heavy (non-hydrogen) atoms. The third-order valence-electron chi connectivity index (χ3n) is 8.48. The summed E-state index contributed by atoms with van der Waals surface area (Å²) in [5.41, 5.74) is 6.44. The molecule has 0 nitrogen and oxygen atoms in total. The van der Waals surface area contributed by atoms with Gasteiger partial charge >= 0.3 is 280 Å². The van der Waals surface area contributed by atoms with E-state index >= 15 is 0 Å². The van der Waals surface area contributed by atoms with Gasteiger partial charge < -0.3 is 0 Å². The molecule has 0 aliphatic heterocycles. The van der Waals surface area contributed by atoms with Gasteiger partial charge in [0.1, 0.15) is 0 Å². The first-order valence-corrected chi connectivity index (χ1v) is 19.6. The van der Waals surface area contributed by atoms with Crippen molar-refractivity contribution in [3.63, 3.8) is 0 Å². The quantitative estimate of drug-likeness (QED) is 0.219. The topological polar surface area (TPSA) is 0 Å². The first-order valence-electron chi connectivity index (χ1n) is 15.2. The van der Waals surface area contributed by atoms with Gasteiger partial charge in [-0.2, -0.15) is 0 Å². The van der Waals surface area contributed by atoms with Crippen molar-refractivity contribution >= 4 is 0 Å². The van der Waals surface area contributed by atoms with Crippen LogP contribution in [-0.4, -0.2) is 0 Å². The Morgan fingerprint density at radius 2 is 0.548 bits per heavy atom. The summed E-state index contributed by atoms with van der Waals surface area (Å²) in [6.45, 7) is 23.3. The standard InChI is InChI=1S/C40H50I2/c1-37(2,3)29-11-19-33(20-12-29)41-35-23-15-31(16-24-35)39(7,8)27-28-40(9,10)32-17-25-36(26-18-32)42-34-21-13-30(14-22-34)38(4,5)6/h11-26H,27-28H2,1-10H3/q-2. The van der Waals surface area contributed by atoms with Crippen LogP contribution >= 0.6 is 0 Å². The third kappa shape index (κ3) is 8.94. The average Bonchev–Trinajstić information content (AvgIpc) is 2.92. The molecule has 0 aromatic heterocycles. The molecule has 0 atom stereocenters. The second-order valence-electron chi connectivity index (χ2n) is 15.0. The van der Waals surface area contributed by atoms with E-state index in [9.17, 15) is 0 Å². The van der Waals surface area contributed by atoms with Gasteiger partial charge in [-0.05, 0) is 0 Å². The van der Waals surface area contributed by atoms with E-state index in [0.29, 0.717) is 0 Å². The van der Waals surface area contributed by atoms with Crippen LogP contribution in [0.15, 0.2) is 97.1 Å². The SMILES string of the molecule is CC(C)(C)c1ccc([I-]c2ccc(C(C)(C)CCC(C)(C)c3ccc([I-]c4ccc(C(C)(C)C)cc4)cc3)cc2)cc1. The molecule has 0 saturated carbocycles. The van der Waals surface area contributed by atoms with Crippen molar-refractivity contribution < 1.29 is 42.4 Å². The minimum absolute atomic E-state index is 0.146. The van der Waals surface area contributed by atoms with Crippen LogP contribution in [0.2, 0.25) is 0 Å². The number of hydrogen-bond acceptors (Lipinski definition) is 0. The summed E-state index contributed by atoms with van der Waals surface area (Å²) in [7, 11) is 0. The second kappa shape index (κ2) is 13.1. The van der Waals surface area contributed by atoms with Crippen molar-refractivity contribution in [1.29, 1.82) is 0 Å².